The molecule has 3 atom stereocenters. The van der Waals surface area contributed by atoms with E-state index in [0.717, 1.165) is 109 Å². The molecule has 9 nitrogen and oxygen atoms in total. The fraction of sp³-hybridized carbons (Fsp3) is 0.758. The van der Waals surface area contributed by atoms with E-state index in [4.69, 9.17) is 13.8 Å². The molecule has 0 aromatic heterocycles. The van der Waals surface area contributed by atoms with Gasteiger partial charge < -0.3 is 19.4 Å². The fourth-order valence-electron chi connectivity index (χ4n) is 8.66. The first-order valence-corrected chi connectivity index (χ1v) is 32.9. The van der Waals surface area contributed by atoms with Crippen LogP contribution in [-0.2, 0) is 27.9 Å². The number of carbonyl (C=O) groups excluding carboxylic acids is 2. The van der Waals surface area contributed by atoms with Gasteiger partial charge in [0.25, 0.3) is 0 Å². The van der Waals surface area contributed by atoms with Crippen molar-refractivity contribution in [2.45, 2.75) is 283 Å². The summed E-state index contributed by atoms with van der Waals surface area (Å²) in [5, 5.41) is 3.04. The highest BCUT2D eigenvalue weighted by molar-refractivity contribution is 7.47. The standard InChI is InChI=1S/C66H119N2O7P/c1-7-10-13-16-19-22-25-28-30-32-33-34-35-37-39-41-44-47-50-53-56-59-66(70)75-64(57-54-51-48-45-42-27-24-21-18-15-12-9-3)63(62-74-76(71,72)73-61-60-68(4,5)6)67-65(69)58-55-52-49-46-43-40-38-36-31-29-26-23-20-17-14-11-8-2/h19-20,22-23,28-31,33-34,38,40,54,57,63-64H,7-18,21,24-27,32,35-37,39,41-53,55-56,58-62H2,1-6H3,(H-,67,69,71,72)/p+1/b22-19-,23-20-,30-28-,31-29-,34-33-,40-38-,57-54+. The lowest BCUT2D eigenvalue weighted by molar-refractivity contribution is -0.870. The highest BCUT2D eigenvalue weighted by Crippen LogP contribution is 2.43. The molecule has 0 spiro atoms. The van der Waals surface area contributed by atoms with Crippen LogP contribution in [0.25, 0.3) is 0 Å². The summed E-state index contributed by atoms with van der Waals surface area (Å²) < 4.78 is 30.7. The highest BCUT2D eigenvalue weighted by atomic mass is 31.2. The van der Waals surface area contributed by atoms with Crippen LogP contribution in [0.3, 0.4) is 0 Å². The van der Waals surface area contributed by atoms with Crippen molar-refractivity contribution in [2.24, 2.45) is 0 Å². The molecule has 0 aliphatic carbocycles. The van der Waals surface area contributed by atoms with E-state index in [0.29, 0.717) is 17.4 Å². The fourth-order valence-corrected chi connectivity index (χ4v) is 9.39. The van der Waals surface area contributed by atoms with Crippen molar-refractivity contribution in [2.75, 3.05) is 40.9 Å². The zero-order valence-corrected chi connectivity index (χ0v) is 51.1. The Balaban J connectivity index is 5.29. The molecule has 10 heteroatoms. The minimum atomic E-state index is -4.46. The summed E-state index contributed by atoms with van der Waals surface area (Å²) in [6.45, 7) is 6.93. The number of allylic oxidation sites excluding steroid dienone is 13. The molecule has 0 radical (unpaired) electrons. The molecule has 2 N–H and O–H groups in total. The van der Waals surface area contributed by atoms with Gasteiger partial charge in [0, 0.05) is 12.8 Å². The lowest BCUT2D eigenvalue weighted by Crippen LogP contribution is -2.47. The van der Waals surface area contributed by atoms with Crippen LogP contribution in [0.15, 0.2) is 85.1 Å². The number of ether oxygens (including phenoxy) is 1. The predicted octanol–water partition coefficient (Wildman–Crippen LogP) is 19.4. The van der Waals surface area contributed by atoms with Gasteiger partial charge >= 0.3 is 13.8 Å². The van der Waals surface area contributed by atoms with E-state index in [9.17, 15) is 19.0 Å². The van der Waals surface area contributed by atoms with E-state index in [1.165, 1.54) is 128 Å². The number of hydrogen-bond donors (Lipinski definition) is 2. The van der Waals surface area contributed by atoms with E-state index in [2.05, 4.69) is 99.0 Å². The Kier molecular flexibility index (Phi) is 53.5. The second kappa shape index (κ2) is 55.5. The van der Waals surface area contributed by atoms with Gasteiger partial charge in [-0.05, 0) is 109 Å². The maximum absolute atomic E-state index is 13.5. The highest BCUT2D eigenvalue weighted by Gasteiger charge is 2.30. The second-order valence-electron chi connectivity index (χ2n) is 22.2. The van der Waals surface area contributed by atoms with Crippen LogP contribution in [0, 0.1) is 0 Å². The number of carbonyl (C=O) groups is 2. The monoisotopic (exact) mass is 1080 g/mol. The molecule has 0 bridgehead atoms. The SMILES string of the molecule is CCCCC/C=C\C/C=C\C/C=C\CCCCCCCCCCC(=O)OC(/C=C/CCCCCCCCCCCC)C(COP(=O)(O)OCC[N+](C)(C)C)NC(=O)CCCCCC/C=C\C/C=C\C/C=C\CCCCC. The third-order valence-electron chi connectivity index (χ3n) is 13.6. The number of quaternary nitrogens is 1. The molecule has 0 aliphatic rings. The van der Waals surface area contributed by atoms with Crippen LogP contribution >= 0.6 is 7.82 Å². The molecule has 0 saturated carbocycles. The molecule has 0 aromatic rings. The minimum absolute atomic E-state index is 0.0310. The Morgan fingerprint density at radius 3 is 1.22 bits per heavy atom. The van der Waals surface area contributed by atoms with E-state index in [1.807, 2.05) is 33.3 Å². The van der Waals surface area contributed by atoms with Crippen LogP contribution < -0.4 is 5.32 Å². The summed E-state index contributed by atoms with van der Waals surface area (Å²) in [6, 6.07) is -0.867. The van der Waals surface area contributed by atoms with Crippen molar-refractivity contribution in [3.05, 3.63) is 85.1 Å². The molecule has 3 unspecified atom stereocenters. The average Bonchev–Trinajstić information content (AvgIpc) is 3.38. The minimum Gasteiger partial charge on any atom is -0.456 e. The molecule has 76 heavy (non-hydrogen) atoms. The van der Waals surface area contributed by atoms with E-state index in [1.54, 1.807) is 0 Å². The van der Waals surface area contributed by atoms with Crippen molar-refractivity contribution >= 4 is 19.7 Å². The zero-order chi connectivity index (χ0) is 55.7. The molecule has 0 saturated heterocycles. The first kappa shape index (κ1) is 73.2. The first-order chi connectivity index (χ1) is 36.9. The van der Waals surface area contributed by atoms with Crippen LogP contribution in [0.1, 0.15) is 271 Å². The van der Waals surface area contributed by atoms with Gasteiger partial charge in [0.2, 0.25) is 5.91 Å². The smallest absolute Gasteiger partial charge is 0.456 e. The largest absolute Gasteiger partial charge is 0.472 e. The molecule has 0 aromatic carbocycles. The summed E-state index contributed by atoms with van der Waals surface area (Å²) in [4.78, 5) is 37.7. The van der Waals surface area contributed by atoms with E-state index in [-0.39, 0.29) is 31.5 Å². The molecule has 0 heterocycles. The van der Waals surface area contributed by atoms with Gasteiger partial charge in [-0.1, -0.05) is 235 Å². The lowest BCUT2D eigenvalue weighted by atomic mass is 10.0. The summed E-state index contributed by atoms with van der Waals surface area (Å²) in [5.74, 6) is -0.539. The number of unbranched alkanes of at least 4 members (excludes halogenated alkanes) is 28. The number of rotatable bonds is 56. The van der Waals surface area contributed by atoms with Crippen LogP contribution in [-0.4, -0.2) is 74.3 Å². The van der Waals surface area contributed by atoms with Crippen LogP contribution in [0.4, 0.5) is 0 Å². The Morgan fingerprint density at radius 1 is 0.461 bits per heavy atom. The summed E-state index contributed by atoms with van der Waals surface area (Å²) in [5.41, 5.74) is 0. The van der Waals surface area contributed by atoms with Gasteiger partial charge in [0.15, 0.2) is 0 Å². The topological polar surface area (TPSA) is 111 Å². The average molecular weight is 1080 g/mol. The van der Waals surface area contributed by atoms with Gasteiger partial charge in [-0.15, -0.1) is 0 Å². The van der Waals surface area contributed by atoms with Gasteiger partial charge in [-0.2, -0.15) is 0 Å². The third kappa shape index (κ3) is 55.9. The number of hydrogen-bond acceptors (Lipinski definition) is 6. The van der Waals surface area contributed by atoms with Crippen molar-refractivity contribution in [3.8, 4) is 0 Å². The van der Waals surface area contributed by atoms with Gasteiger partial charge in [-0.25, -0.2) is 4.57 Å². The number of likely N-dealkylation sites (N-methyl/N-ethyl adjacent to an activating group) is 1. The zero-order valence-electron chi connectivity index (χ0n) is 50.2. The Hall–Kier alpha value is -2.81. The molecule has 0 rings (SSSR count). The molecular formula is C66H120N2O7P+. The summed E-state index contributed by atoms with van der Waals surface area (Å²) in [6.07, 6.45) is 72.9. The molecule has 440 valence electrons. The predicted molar refractivity (Wildman–Crippen MR) is 328 cm³/mol. The number of nitrogens with zero attached hydrogens (tertiary/aromatic N) is 1. The van der Waals surface area contributed by atoms with Crippen LogP contribution in [0.2, 0.25) is 0 Å². The first-order valence-electron chi connectivity index (χ1n) is 31.4. The quantitative estimate of drug-likeness (QED) is 0.0205. The van der Waals surface area contributed by atoms with Crippen molar-refractivity contribution in [1.82, 2.24) is 5.32 Å². The van der Waals surface area contributed by atoms with Crippen molar-refractivity contribution in [3.63, 3.8) is 0 Å². The summed E-state index contributed by atoms with van der Waals surface area (Å²) >= 11 is 0. The van der Waals surface area contributed by atoms with Crippen molar-refractivity contribution < 1.29 is 37.3 Å². The molecular weight excluding hydrogens is 964 g/mol. The van der Waals surface area contributed by atoms with Gasteiger partial charge in [0.1, 0.15) is 19.3 Å². The van der Waals surface area contributed by atoms with E-state index < -0.39 is 20.0 Å². The lowest BCUT2D eigenvalue weighted by Gasteiger charge is -2.27. The van der Waals surface area contributed by atoms with Gasteiger partial charge in [0.05, 0.1) is 33.8 Å². The molecule has 1 amide bonds. The number of phosphoric acid groups is 1. The number of amides is 1. The normalized spacial score (nSPS) is 14.2. The molecule has 0 aliphatic heterocycles. The Morgan fingerprint density at radius 2 is 0.803 bits per heavy atom. The Labute approximate surface area is 469 Å². The van der Waals surface area contributed by atoms with Crippen molar-refractivity contribution in [1.29, 1.82) is 0 Å². The summed E-state index contributed by atoms with van der Waals surface area (Å²) in [7, 11) is 1.47. The Bertz CT molecular complexity index is 1580. The maximum Gasteiger partial charge on any atom is 0.472 e. The van der Waals surface area contributed by atoms with E-state index >= 15 is 0 Å². The van der Waals surface area contributed by atoms with Crippen LogP contribution in [0.5, 0.6) is 0 Å². The second-order valence-corrected chi connectivity index (χ2v) is 23.7. The number of nitrogens with one attached hydrogen (secondary N) is 1. The number of phosphoric ester groups is 1. The number of esters is 1. The van der Waals surface area contributed by atoms with Gasteiger partial charge in [-0.3, -0.25) is 18.6 Å². The maximum atomic E-state index is 13.5. The molecule has 0 fully saturated rings. The third-order valence-corrected chi connectivity index (χ3v) is 14.5.